The predicted octanol–water partition coefficient (Wildman–Crippen LogP) is 4.05. The van der Waals surface area contributed by atoms with Crippen molar-refractivity contribution >= 4 is 23.0 Å². The molecule has 0 amide bonds. The van der Waals surface area contributed by atoms with Gasteiger partial charge in [-0.05, 0) is 49.1 Å². The Morgan fingerprint density at radius 3 is 3.00 bits per heavy atom. The van der Waals surface area contributed by atoms with E-state index in [-0.39, 0.29) is 17.0 Å². The molecule has 8 heteroatoms. The summed E-state index contributed by atoms with van der Waals surface area (Å²) in [4.78, 5) is 8.24. The number of nitriles is 1. The van der Waals surface area contributed by atoms with E-state index in [0.29, 0.717) is 28.3 Å². The Hall–Kier alpha value is -3.37. The van der Waals surface area contributed by atoms with Gasteiger partial charge in [0.1, 0.15) is 28.8 Å². The van der Waals surface area contributed by atoms with Crippen LogP contribution >= 0.6 is 11.6 Å². The third-order valence-corrected chi connectivity index (χ3v) is 4.97. The Labute approximate surface area is 166 Å². The molecule has 1 aliphatic rings. The van der Waals surface area contributed by atoms with E-state index >= 15 is 0 Å². The number of fused-ring (bicyclic) bond motifs is 1. The standard InChI is InChI=1S/C20H16ClN5O2/c21-20-12(8-22)6-11-2-1-3-16(19(11)26-20)28-13-4-5-15(23)14(7-13)18(24)17-9-25-10-27-17/h4-7,9-10,16,24H,1-3,23H2/t16-/m0/s1. The van der Waals surface area contributed by atoms with Crippen LogP contribution in [0.1, 0.15) is 47.1 Å². The average Bonchev–Trinajstić information content (AvgIpc) is 3.24. The first-order chi connectivity index (χ1) is 13.6. The van der Waals surface area contributed by atoms with Crippen LogP contribution < -0.4 is 10.5 Å². The highest BCUT2D eigenvalue weighted by Crippen LogP contribution is 2.35. The highest BCUT2D eigenvalue weighted by molar-refractivity contribution is 6.30. The van der Waals surface area contributed by atoms with Crippen molar-refractivity contribution in [3.05, 3.63) is 70.2 Å². The van der Waals surface area contributed by atoms with Gasteiger partial charge in [0.05, 0.1) is 17.5 Å². The van der Waals surface area contributed by atoms with Crippen molar-refractivity contribution in [1.29, 1.82) is 10.7 Å². The van der Waals surface area contributed by atoms with Crippen molar-refractivity contribution in [2.75, 3.05) is 5.73 Å². The Balaban J connectivity index is 1.64. The smallest absolute Gasteiger partial charge is 0.181 e. The van der Waals surface area contributed by atoms with E-state index < -0.39 is 0 Å². The first kappa shape index (κ1) is 18.0. The van der Waals surface area contributed by atoms with Gasteiger partial charge >= 0.3 is 0 Å². The maximum absolute atomic E-state index is 9.16. The average molecular weight is 394 g/mol. The van der Waals surface area contributed by atoms with Crippen molar-refractivity contribution in [2.24, 2.45) is 0 Å². The van der Waals surface area contributed by atoms with Crippen molar-refractivity contribution in [1.82, 2.24) is 9.97 Å². The summed E-state index contributed by atoms with van der Waals surface area (Å²) in [6.07, 6.45) is 4.97. The number of anilines is 1. The zero-order valence-electron chi connectivity index (χ0n) is 14.8. The number of nitrogens with one attached hydrogen (secondary N) is 1. The number of nitrogens with zero attached hydrogens (tertiary/aromatic N) is 3. The molecule has 0 radical (unpaired) electrons. The molecule has 1 aliphatic carbocycles. The molecule has 3 aromatic rings. The molecular formula is C20H16ClN5O2. The summed E-state index contributed by atoms with van der Waals surface area (Å²) in [6, 6.07) is 9.01. The summed E-state index contributed by atoms with van der Waals surface area (Å²) in [5.74, 6) is 0.887. The minimum atomic E-state index is -0.287. The van der Waals surface area contributed by atoms with E-state index in [9.17, 15) is 0 Å². The summed E-state index contributed by atoms with van der Waals surface area (Å²) in [5, 5.41) is 17.6. The maximum Gasteiger partial charge on any atom is 0.181 e. The van der Waals surface area contributed by atoms with Gasteiger partial charge in [-0.3, -0.25) is 5.41 Å². The summed E-state index contributed by atoms with van der Waals surface area (Å²) < 4.78 is 11.4. The Kier molecular flexibility index (Phi) is 4.72. The van der Waals surface area contributed by atoms with Crippen LogP contribution in [0.15, 0.2) is 41.3 Å². The largest absolute Gasteiger partial charge is 0.484 e. The minimum absolute atomic E-state index is 0.129. The number of nitrogens with two attached hydrogens (primary N) is 1. The number of hydrogen-bond donors (Lipinski definition) is 2. The fourth-order valence-electron chi connectivity index (χ4n) is 3.29. The third-order valence-electron chi connectivity index (χ3n) is 4.68. The van der Waals surface area contributed by atoms with Crippen LogP contribution in [-0.2, 0) is 6.42 Å². The van der Waals surface area contributed by atoms with E-state index in [1.165, 1.54) is 12.6 Å². The Morgan fingerprint density at radius 1 is 1.39 bits per heavy atom. The normalized spacial score (nSPS) is 15.5. The zero-order chi connectivity index (χ0) is 19.7. The van der Waals surface area contributed by atoms with Crippen molar-refractivity contribution < 1.29 is 9.15 Å². The quantitative estimate of drug-likeness (QED) is 0.391. The SMILES string of the molecule is N#Cc1cc2c(nc1Cl)[C@@H](Oc1ccc(N)c(C(=N)c3cnco3)c1)CCC2. The first-order valence-corrected chi connectivity index (χ1v) is 9.08. The first-order valence-electron chi connectivity index (χ1n) is 8.70. The van der Waals surface area contributed by atoms with Gasteiger partial charge in [-0.25, -0.2) is 9.97 Å². The van der Waals surface area contributed by atoms with Gasteiger partial charge in [0.15, 0.2) is 12.2 Å². The van der Waals surface area contributed by atoms with Gasteiger partial charge < -0.3 is 14.9 Å². The van der Waals surface area contributed by atoms with E-state index in [0.717, 1.165) is 30.5 Å². The lowest BCUT2D eigenvalue weighted by Gasteiger charge is -2.26. The second-order valence-electron chi connectivity index (χ2n) is 6.47. The lowest BCUT2D eigenvalue weighted by Crippen LogP contribution is -2.18. The lowest BCUT2D eigenvalue weighted by molar-refractivity contribution is 0.178. The summed E-state index contributed by atoms with van der Waals surface area (Å²) in [5.41, 5.74) is 9.20. The number of ether oxygens (including phenoxy) is 1. The molecule has 0 fully saturated rings. The fourth-order valence-corrected chi connectivity index (χ4v) is 3.48. The van der Waals surface area contributed by atoms with E-state index in [1.54, 1.807) is 24.3 Å². The summed E-state index contributed by atoms with van der Waals surface area (Å²) >= 11 is 6.12. The molecule has 7 nitrogen and oxygen atoms in total. The molecular weight excluding hydrogens is 378 g/mol. The highest BCUT2D eigenvalue weighted by Gasteiger charge is 2.25. The molecule has 1 aromatic carbocycles. The lowest BCUT2D eigenvalue weighted by atomic mass is 9.92. The number of benzene rings is 1. The molecule has 0 spiro atoms. The molecule has 0 saturated carbocycles. The van der Waals surface area contributed by atoms with E-state index in [2.05, 4.69) is 16.0 Å². The monoisotopic (exact) mass is 393 g/mol. The molecule has 28 heavy (non-hydrogen) atoms. The topological polar surface area (TPSA) is 122 Å². The summed E-state index contributed by atoms with van der Waals surface area (Å²) in [7, 11) is 0. The zero-order valence-corrected chi connectivity index (χ0v) is 15.5. The maximum atomic E-state index is 9.16. The molecule has 0 saturated heterocycles. The van der Waals surface area contributed by atoms with Crippen LogP contribution in [0, 0.1) is 16.7 Å². The van der Waals surface area contributed by atoms with Crippen LogP contribution in [0.3, 0.4) is 0 Å². The van der Waals surface area contributed by atoms with Gasteiger partial charge in [0, 0.05) is 11.3 Å². The molecule has 0 unspecified atom stereocenters. The third kappa shape index (κ3) is 3.30. The number of rotatable bonds is 4. The molecule has 0 bridgehead atoms. The van der Waals surface area contributed by atoms with Crippen LogP contribution in [0.25, 0.3) is 0 Å². The van der Waals surface area contributed by atoms with Crippen LogP contribution in [0.5, 0.6) is 5.75 Å². The molecule has 1 atom stereocenters. The second-order valence-corrected chi connectivity index (χ2v) is 6.83. The fraction of sp³-hybridized carbons (Fsp3) is 0.200. The Morgan fingerprint density at radius 2 is 2.25 bits per heavy atom. The van der Waals surface area contributed by atoms with Crippen LogP contribution in [0.2, 0.25) is 5.15 Å². The Bertz CT molecular complexity index is 1090. The van der Waals surface area contributed by atoms with Gasteiger partial charge in [-0.15, -0.1) is 0 Å². The van der Waals surface area contributed by atoms with E-state index in [1.807, 2.05) is 0 Å². The van der Waals surface area contributed by atoms with Gasteiger partial charge in [0.25, 0.3) is 0 Å². The second kappa shape index (κ2) is 7.33. The number of halogens is 1. The van der Waals surface area contributed by atoms with Gasteiger partial charge in [-0.1, -0.05) is 11.6 Å². The van der Waals surface area contributed by atoms with Gasteiger partial charge in [-0.2, -0.15) is 5.26 Å². The number of hydrogen-bond acceptors (Lipinski definition) is 7. The molecule has 2 heterocycles. The number of nitrogen functional groups attached to an aromatic ring is 1. The number of aryl methyl sites for hydroxylation is 1. The van der Waals surface area contributed by atoms with Crippen molar-refractivity contribution in [3.63, 3.8) is 0 Å². The number of oxazole rings is 1. The molecule has 0 aliphatic heterocycles. The highest BCUT2D eigenvalue weighted by atomic mass is 35.5. The number of pyridine rings is 1. The summed E-state index contributed by atoms with van der Waals surface area (Å²) in [6.45, 7) is 0. The molecule has 140 valence electrons. The van der Waals surface area contributed by atoms with Gasteiger partial charge in [0.2, 0.25) is 0 Å². The number of aromatic nitrogens is 2. The van der Waals surface area contributed by atoms with Crippen molar-refractivity contribution in [2.45, 2.75) is 25.4 Å². The molecule has 4 rings (SSSR count). The molecule has 2 aromatic heterocycles. The van der Waals surface area contributed by atoms with Crippen LogP contribution in [0.4, 0.5) is 5.69 Å². The predicted molar refractivity (Wildman–Crippen MR) is 104 cm³/mol. The van der Waals surface area contributed by atoms with Crippen molar-refractivity contribution in [3.8, 4) is 11.8 Å². The molecule has 3 N–H and O–H groups in total. The minimum Gasteiger partial charge on any atom is -0.484 e. The van der Waals surface area contributed by atoms with E-state index in [4.69, 9.17) is 37.2 Å². The van der Waals surface area contributed by atoms with Crippen LogP contribution in [-0.4, -0.2) is 15.7 Å².